The van der Waals surface area contributed by atoms with Crippen molar-refractivity contribution in [2.75, 3.05) is 19.0 Å². The number of hydrogen-bond acceptors (Lipinski definition) is 8. The summed E-state index contributed by atoms with van der Waals surface area (Å²) in [6.07, 6.45) is 1.52. The summed E-state index contributed by atoms with van der Waals surface area (Å²) in [5.41, 5.74) is 0.226. The van der Waals surface area contributed by atoms with Crippen LogP contribution in [0.25, 0.3) is 6.08 Å². The van der Waals surface area contributed by atoms with E-state index in [-0.39, 0.29) is 16.3 Å². The lowest BCUT2D eigenvalue weighted by atomic mass is 10.2. The summed E-state index contributed by atoms with van der Waals surface area (Å²) in [6, 6.07) is 10.0. The van der Waals surface area contributed by atoms with Crippen LogP contribution in [0.4, 0.5) is 16.2 Å². The van der Waals surface area contributed by atoms with Gasteiger partial charge in [-0.1, -0.05) is 12.1 Å². The van der Waals surface area contributed by atoms with E-state index in [0.717, 1.165) is 23.1 Å². The summed E-state index contributed by atoms with van der Waals surface area (Å²) in [5, 5.41) is 22.2. The maximum Gasteiger partial charge on any atom is 0.294 e. The van der Waals surface area contributed by atoms with E-state index in [0.29, 0.717) is 23.1 Å². The van der Waals surface area contributed by atoms with Crippen LogP contribution in [0.5, 0.6) is 11.5 Å². The molecule has 0 radical (unpaired) electrons. The van der Waals surface area contributed by atoms with Crippen molar-refractivity contribution in [2.45, 2.75) is 0 Å². The van der Waals surface area contributed by atoms with Crippen molar-refractivity contribution >= 4 is 46.3 Å². The Balaban J connectivity index is 1.70. The van der Waals surface area contributed by atoms with Gasteiger partial charge in [0.2, 0.25) is 5.91 Å². The maximum absolute atomic E-state index is 12.5. The average Bonchev–Trinajstić information content (AvgIpc) is 2.96. The van der Waals surface area contributed by atoms with Crippen LogP contribution in [0.2, 0.25) is 0 Å². The number of hydrogen-bond donors (Lipinski definition) is 2. The first-order valence-electron chi connectivity index (χ1n) is 8.45. The molecule has 3 rings (SSSR count). The largest absolute Gasteiger partial charge is 0.506 e. The van der Waals surface area contributed by atoms with E-state index in [9.17, 15) is 29.6 Å². The van der Waals surface area contributed by atoms with Crippen molar-refractivity contribution < 1.29 is 29.2 Å². The number of rotatable bonds is 6. The maximum atomic E-state index is 12.5. The summed E-state index contributed by atoms with van der Waals surface area (Å²) >= 11 is 0.700. The molecule has 2 aromatic carbocycles. The SMILES string of the molecule is COc1cccc(/C=C2\SC(=O)N(CC(=O)Nc3ccc([N+](=O)[O-])cc3O)C2=O)c1. The molecule has 0 saturated carbocycles. The lowest BCUT2D eigenvalue weighted by Crippen LogP contribution is -2.36. The third-order valence-electron chi connectivity index (χ3n) is 4.03. The van der Waals surface area contributed by atoms with E-state index in [1.807, 2.05) is 0 Å². The third kappa shape index (κ3) is 4.58. The van der Waals surface area contributed by atoms with E-state index >= 15 is 0 Å². The second-order valence-electron chi connectivity index (χ2n) is 6.05. The third-order valence-corrected chi connectivity index (χ3v) is 4.94. The second kappa shape index (κ2) is 8.66. The Hall–Kier alpha value is -3.86. The summed E-state index contributed by atoms with van der Waals surface area (Å²) in [5.74, 6) is -1.30. The highest BCUT2D eigenvalue weighted by atomic mass is 32.2. The molecule has 1 aliphatic rings. The molecule has 1 heterocycles. The smallest absolute Gasteiger partial charge is 0.294 e. The fraction of sp³-hybridized carbons (Fsp3) is 0.105. The molecule has 0 atom stereocenters. The van der Waals surface area contributed by atoms with Crippen molar-refractivity contribution in [2.24, 2.45) is 0 Å². The van der Waals surface area contributed by atoms with Crippen LogP contribution in [0.3, 0.4) is 0 Å². The number of phenols is 1. The number of thioether (sulfide) groups is 1. The normalized spacial score (nSPS) is 14.8. The molecule has 1 saturated heterocycles. The molecule has 1 fully saturated rings. The van der Waals surface area contributed by atoms with Gasteiger partial charge in [-0.15, -0.1) is 0 Å². The van der Waals surface area contributed by atoms with Gasteiger partial charge in [-0.05, 0) is 41.6 Å². The fourth-order valence-corrected chi connectivity index (χ4v) is 3.43. The topological polar surface area (TPSA) is 139 Å². The van der Waals surface area contributed by atoms with Crippen LogP contribution in [0, 0.1) is 10.1 Å². The zero-order valence-electron chi connectivity index (χ0n) is 15.5. The minimum atomic E-state index is -0.746. The number of phenolic OH excluding ortho intramolecular Hbond substituents is 1. The molecule has 154 valence electrons. The number of benzene rings is 2. The summed E-state index contributed by atoms with van der Waals surface area (Å²) < 4.78 is 5.12. The number of nitrogens with one attached hydrogen (secondary N) is 1. The van der Waals surface area contributed by atoms with Crippen molar-refractivity contribution in [3.05, 3.63) is 63.0 Å². The molecule has 0 aliphatic carbocycles. The van der Waals surface area contributed by atoms with E-state index in [1.54, 1.807) is 24.3 Å². The molecule has 11 heteroatoms. The van der Waals surface area contributed by atoms with Gasteiger partial charge in [-0.25, -0.2) is 0 Å². The molecule has 3 amide bonds. The van der Waals surface area contributed by atoms with Gasteiger partial charge in [0.05, 0.1) is 28.7 Å². The van der Waals surface area contributed by atoms with Crippen molar-refractivity contribution in [3.8, 4) is 11.5 Å². The Labute approximate surface area is 174 Å². The number of nitrogens with zero attached hydrogens (tertiary/aromatic N) is 2. The van der Waals surface area contributed by atoms with Crippen LogP contribution in [-0.2, 0) is 9.59 Å². The Morgan fingerprint density at radius 3 is 2.73 bits per heavy atom. The van der Waals surface area contributed by atoms with E-state index in [1.165, 1.54) is 13.2 Å². The van der Waals surface area contributed by atoms with Crippen molar-refractivity contribution in [1.82, 2.24) is 4.90 Å². The predicted molar refractivity (Wildman–Crippen MR) is 109 cm³/mol. The van der Waals surface area contributed by atoms with Gasteiger partial charge >= 0.3 is 0 Å². The molecule has 30 heavy (non-hydrogen) atoms. The Bertz CT molecular complexity index is 1080. The zero-order valence-corrected chi connectivity index (χ0v) is 16.3. The first-order chi connectivity index (χ1) is 14.3. The molecule has 0 spiro atoms. The second-order valence-corrected chi connectivity index (χ2v) is 7.04. The summed E-state index contributed by atoms with van der Waals surface area (Å²) in [7, 11) is 1.51. The van der Waals surface area contributed by atoms with Gasteiger partial charge in [-0.2, -0.15) is 0 Å². The molecule has 0 bridgehead atoms. The minimum Gasteiger partial charge on any atom is -0.506 e. The molecular weight excluding hydrogens is 414 g/mol. The molecule has 0 unspecified atom stereocenters. The molecule has 0 aromatic heterocycles. The number of imide groups is 1. The number of amides is 3. The van der Waals surface area contributed by atoms with Gasteiger partial charge in [0, 0.05) is 6.07 Å². The van der Waals surface area contributed by atoms with Gasteiger partial charge in [0.1, 0.15) is 18.0 Å². The molecule has 1 aliphatic heterocycles. The summed E-state index contributed by atoms with van der Waals surface area (Å²) in [4.78, 5) is 47.9. The average molecular weight is 429 g/mol. The number of carbonyl (C=O) groups is 3. The van der Waals surface area contributed by atoms with Gasteiger partial charge in [-0.3, -0.25) is 29.4 Å². The number of anilines is 1. The lowest BCUT2D eigenvalue weighted by Gasteiger charge is -2.13. The van der Waals surface area contributed by atoms with Crippen molar-refractivity contribution in [1.29, 1.82) is 0 Å². The highest BCUT2D eigenvalue weighted by molar-refractivity contribution is 8.18. The predicted octanol–water partition coefficient (Wildman–Crippen LogP) is 2.98. The first kappa shape index (κ1) is 20.9. The number of ether oxygens (including phenoxy) is 1. The molecule has 2 aromatic rings. The fourth-order valence-electron chi connectivity index (χ4n) is 2.59. The number of nitro benzene ring substituents is 1. The number of methoxy groups -OCH3 is 1. The highest BCUT2D eigenvalue weighted by Gasteiger charge is 2.36. The van der Waals surface area contributed by atoms with Gasteiger partial charge in [0.25, 0.3) is 16.8 Å². The number of nitro groups is 1. The van der Waals surface area contributed by atoms with Crippen LogP contribution < -0.4 is 10.1 Å². The quantitative estimate of drug-likeness (QED) is 0.309. The molecule has 2 N–H and O–H groups in total. The standard InChI is InChI=1S/C19H15N3O7S/c1-29-13-4-2-3-11(7-13)8-16-18(25)21(19(26)30-16)10-17(24)20-14-6-5-12(22(27)28)9-15(14)23/h2-9,23H,10H2,1H3,(H,20,24)/b16-8-. The van der Waals surface area contributed by atoms with Crippen molar-refractivity contribution in [3.63, 3.8) is 0 Å². The lowest BCUT2D eigenvalue weighted by molar-refractivity contribution is -0.384. The molecular formula is C19H15N3O7S. The monoisotopic (exact) mass is 429 g/mol. The van der Waals surface area contributed by atoms with Crippen LogP contribution in [0.1, 0.15) is 5.56 Å². The molecule has 10 nitrogen and oxygen atoms in total. The number of carbonyl (C=O) groups excluding carboxylic acids is 3. The van der Waals surface area contributed by atoms with Gasteiger partial charge < -0.3 is 15.2 Å². The Kier molecular flexibility index (Phi) is 6.02. The highest BCUT2D eigenvalue weighted by Crippen LogP contribution is 2.33. The van der Waals surface area contributed by atoms with Crippen LogP contribution in [-0.4, -0.2) is 45.6 Å². The number of aromatic hydroxyl groups is 1. The first-order valence-corrected chi connectivity index (χ1v) is 9.27. The Morgan fingerprint density at radius 2 is 2.07 bits per heavy atom. The van der Waals surface area contributed by atoms with Gasteiger partial charge in [0.15, 0.2) is 0 Å². The Morgan fingerprint density at radius 1 is 1.30 bits per heavy atom. The van der Waals surface area contributed by atoms with E-state index in [2.05, 4.69) is 5.32 Å². The zero-order chi connectivity index (χ0) is 21.8. The van der Waals surface area contributed by atoms with Crippen LogP contribution in [0.15, 0.2) is 47.4 Å². The summed E-state index contributed by atoms with van der Waals surface area (Å²) in [6.45, 7) is -0.573. The van der Waals surface area contributed by atoms with E-state index in [4.69, 9.17) is 4.74 Å². The minimum absolute atomic E-state index is 0.0792. The van der Waals surface area contributed by atoms with Crippen LogP contribution >= 0.6 is 11.8 Å². The van der Waals surface area contributed by atoms with E-state index < -0.39 is 34.3 Å². The number of non-ortho nitro benzene ring substituents is 1.